The number of anilines is 1. The Labute approximate surface area is 177 Å². The van der Waals surface area contributed by atoms with Gasteiger partial charge >= 0.3 is 0 Å². The Morgan fingerprint density at radius 3 is 2.55 bits per heavy atom. The molecule has 3 aromatic rings. The standard InChI is InChI=1S/C19H17ClN4O3S2/c20-14-8-10-15(11-9-14)29(26,27)24-12-4-7-16(24)17(25)21-19-23-22-18(28-19)13-5-2-1-3-6-13/h1-3,5-6,8-11,16H,4,7,12H2,(H,21,23,25)/t16-/m0/s1. The van der Waals surface area contributed by atoms with Crippen LogP contribution in [0.15, 0.2) is 59.5 Å². The molecular formula is C19H17ClN4O3S2. The minimum absolute atomic E-state index is 0.115. The third kappa shape index (κ3) is 4.18. The average molecular weight is 449 g/mol. The van der Waals surface area contributed by atoms with Crippen molar-refractivity contribution < 1.29 is 13.2 Å². The van der Waals surface area contributed by atoms with E-state index in [2.05, 4.69) is 15.5 Å². The number of hydrogen-bond donors (Lipinski definition) is 1. The molecule has 1 fully saturated rings. The molecule has 1 N–H and O–H groups in total. The smallest absolute Gasteiger partial charge is 0.244 e. The number of amides is 1. The molecule has 7 nitrogen and oxygen atoms in total. The van der Waals surface area contributed by atoms with Crippen LogP contribution in [0.1, 0.15) is 12.8 Å². The van der Waals surface area contributed by atoms with E-state index >= 15 is 0 Å². The summed E-state index contributed by atoms with van der Waals surface area (Å²) < 4.78 is 27.2. The maximum atomic E-state index is 13.0. The van der Waals surface area contributed by atoms with Crippen LogP contribution in [-0.2, 0) is 14.8 Å². The summed E-state index contributed by atoms with van der Waals surface area (Å²) in [5, 5.41) is 12.3. The van der Waals surface area contributed by atoms with Gasteiger partial charge in [-0.25, -0.2) is 8.42 Å². The molecule has 4 rings (SSSR count). The summed E-state index contributed by atoms with van der Waals surface area (Å²) in [4.78, 5) is 12.9. The van der Waals surface area contributed by atoms with Crippen LogP contribution >= 0.6 is 22.9 Å². The first-order valence-electron chi connectivity index (χ1n) is 8.92. The number of carbonyl (C=O) groups excluding carboxylic acids is 1. The van der Waals surface area contributed by atoms with Crippen LogP contribution < -0.4 is 5.32 Å². The normalized spacial score (nSPS) is 17.3. The van der Waals surface area contributed by atoms with Gasteiger partial charge in [0, 0.05) is 17.1 Å². The summed E-state index contributed by atoms with van der Waals surface area (Å²) in [6.07, 6.45) is 1.05. The van der Waals surface area contributed by atoms with Gasteiger partial charge in [0.1, 0.15) is 11.0 Å². The molecule has 10 heteroatoms. The van der Waals surface area contributed by atoms with Gasteiger partial charge in [0.25, 0.3) is 0 Å². The fourth-order valence-electron chi connectivity index (χ4n) is 3.19. The lowest BCUT2D eigenvalue weighted by molar-refractivity contribution is -0.119. The molecule has 29 heavy (non-hydrogen) atoms. The van der Waals surface area contributed by atoms with Crippen LogP contribution in [0.4, 0.5) is 5.13 Å². The van der Waals surface area contributed by atoms with Crippen molar-refractivity contribution in [2.75, 3.05) is 11.9 Å². The molecule has 1 aromatic heterocycles. The van der Waals surface area contributed by atoms with Gasteiger partial charge in [-0.05, 0) is 37.1 Å². The van der Waals surface area contributed by atoms with E-state index in [0.29, 0.717) is 28.0 Å². The van der Waals surface area contributed by atoms with E-state index in [-0.39, 0.29) is 11.4 Å². The molecule has 0 spiro atoms. The molecule has 0 saturated carbocycles. The second kappa shape index (κ2) is 8.19. The van der Waals surface area contributed by atoms with E-state index in [4.69, 9.17) is 11.6 Å². The summed E-state index contributed by atoms with van der Waals surface area (Å²) in [5.41, 5.74) is 0.901. The van der Waals surface area contributed by atoms with E-state index in [9.17, 15) is 13.2 Å². The Kier molecular flexibility index (Phi) is 5.64. The van der Waals surface area contributed by atoms with Crippen molar-refractivity contribution in [2.45, 2.75) is 23.8 Å². The summed E-state index contributed by atoms with van der Waals surface area (Å²) in [5.74, 6) is -0.407. The first-order valence-corrected chi connectivity index (χ1v) is 11.6. The highest BCUT2D eigenvalue weighted by molar-refractivity contribution is 7.89. The quantitative estimate of drug-likeness (QED) is 0.643. The number of nitrogens with zero attached hydrogens (tertiary/aromatic N) is 3. The van der Waals surface area contributed by atoms with Crippen molar-refractivity contribution in [3.8, 4) is 10.6 Å². The van der Waals surface area contributed by atoms with E-state index < -0.39 is 22.0 Å². The lowest BCUT2D eigenvalue weighted by Crippen LogP contribution is -2.43. The fraction of sp³-hybridized carbons (Fsp3) is 0.211. The topological polar surface area (TPSA) is 92.3 Å². The number of nitrogens with one attached hydrogen (secondary N) is 1. The summed E-state index contributed by atoms with van der Waals surface area (Å²) in [6, 6.07) is 14.7. The fourth-order valence-corrected chi connectivity index (χ4v) is 5.73. The molecule has 1 amide bonds. The Morgan fingerprint density at radius 2 is 1.83 bits per heavy atom. The van der Waals surface area contributed by atoms with E-state index in [1.54, 1.807) is 0 Å². The molecule has 1 atom stereocenters. The van der Waals surface area contributed by atoms with Gasteiger partial charge in [0.2, 0.25) is 21.1 Å². The molecule has 1 aliphatic heterocycles. The molecule has 150 valence electrons. The highest BCUT2D eigenvalue weighted by Gasteiger charge is 2.39. The van der Waals surface area contributed by atoms with Crippen molar-refractivity contribution in [2.24, 2.45) is 0 Å². The number of halogens is 1. The largest absolute Gasteiger partial charge is 0.299 e. The van der Waals surface area contributed by atoms with E-state index in [1.165, 1.54) is 39.9 Å². The SMILES string of the molecule is O=C(Nc1nnc(-c2ccccc2)s1)[C@@H]1CCCN1S(=O)(=O)c1ccc(Cl)cc1. The van der Waals surface area contributed by atoms with Gasteiger partial charge < -0.3 is 0 Å². The molecule has 0 bridgehead atoms. The van der Waals surface area contributed by atoms with Crippen molar-refractivity contribution in [3.63, 3.8) is 0 Å². The molecule has 1 aliphatic rings. The minimum atomic E-state index is -3.80. The molecule has 1 saturated heterocycles. The Hall–Kier alpha value is -2.33. The van der Waals surface area contributed by atoms with Gasteiger partial charge in [-0.2, -0.15) is 4.31 Å². The predicted octanol–water partition coefficient (Wildman–Crippen LogP) is 3.65. The highest BCUT2D eigenvalue weighted by atomic mass is 35.5. The summed E-state index contributed by atoms with van der Waals surface area (Å²) in [7, 11) is -3.80. The molecule has 2 aromatic carbocycles. The van der Waals surface area contributed by atoms with Crippen LogP contribution in [0, 0.1) is 0 Å². The molecule has 2 heterocycles. The summed E-state index contributed by atoms with van der Waals surface area (Å²) >= 11 is 7.10. The molecule has 0 unspecified atom stereocenters. The third-order valence-electron chi connectivity index (χ3n) is 4.60. The number of hydrogen-bond acceptors (Lipinski definition) is 6. The zero-order chi connectivity index (χ0) is 20.4. The number of rotatable bonds is 5. The first kappa shape index (κ1) is 20.0. The van der Waals surface area contributed by atoms with E-state index in [1.807, 2.05) is 30.3 Å². The first-order chi connectivity index (χ1) is 13.9. The number of aromatic nitrogens is 2. The lowest BCUT2D eigenvalue weighted by Gasteiger charge is -2.23. The molecule has 0 radical (unpaired) electrons. The number of sulfonamides is 1. The second-order valence-corrected chi connectivity index (χ2v) is 9.80. The van der Waals surface area contributed by atoms with Gasteiger partial charge in [-0.1, -0.05) is 53.3 Å². The van der Waals surface area contributed by atoms with Crippen molar-refractivity contribution in [1.82, 2.24) is 14.5 Å². The van der Waals surface area contributed by atoms with Crippen LogP contribution in [0.5, 0.6) is 0 Å². The van der Waals surface area contributed by atoms with Crippen LogP contribution in [0.25, 0.3) is 10.6 Å². The van der Waals surface area contributed by atoms with Gasteiger partial charge in [0.15, 0.2) is 0 Å². The minimum Gasteiger partial charge on any atom is -0.299 e. The monoisotopic (exact) mass is 448 g/mol. The van der Waals surface area contributed by atoms with E-state index in [0.717, 1.165) is 5.56 Å². The van der Waals surface area contributed by atoms with Crippen molar-refractivity contribution in [1.29, 1.82) is 0 Å². The Bertz CT molecular complexity index is 1120. The Morgan fingerprint density at radius 1 is 1.10 bits per heavy atom. The zero-order valence-corrected chi connectivity index (χ0v) is 17.5. The third-order valence-corrected chi connectivity index (χ3v) is 7.66. The lowest BCUT2D eigenvalue weighted by atomic mass is 10.2. The van der Waals surface area contributed by atoms with Crippen molar-refractivity contribution in [3.05, 3.63) is 59.6 Å². The zero-order valence-electron chi connectivity index (χ0n) is 15.2. The predicted molar refractivity (Wildman–Crippen MR) is 112 cm³/mol. The highest BCUT2D eigenvalue weighted by Crippen LogP contribution is 2.29. The summed E-state index contributed by atoms with van der Waals surface area (Å²) in [6.45, 7) is 0.286. The van der Waals surface area contributed by atoms with Gasteiger partial charge in [0.05, 0.1) is 4.90 Å². The van der Waals surface area contributed by atoms with Gasteiger partial charge in [-0.3, -0.25) is 10.1 Å². The van der Waals surface area contributed by atoms with Crippen molar-refractivity contribution >= 4 is 44.0 Å². The maximum Gasteiger partial charge on any atom is 0.244 e. The molecule has 0 aliphatic carbocycles. The van der Waals surface area contributed by atoms with Crippen LogP contribution in [0.2, 0.25) is 5.02 Å². The van der Waals surface area contributed by atoms with Gasteiger partial charge in [-0.15, -0.1) is 10.2 Å². The van der Waals surface area contributed by atoms with Crippen LogP contribution in [0.3, 0.4) is 0 Å². The second-order valence-electron chi connectivity index (χ2n) is 6.50. The maximum absolute atomic E-state index is 13.0. The molecular weight excluding hydrogens is 432 g/mol. The number of benzene rings is 2. The van der Waals surface area contributed by atoms with Crippen LogP contribution in [-0.4, -0.2) is 41.4 Å². The number of carbonyl (C=O) groups is 1. The Balaban J connectivity index is 1.51. The average Bonchev–Trinajstić information content (AvgIpc) is 3.39.